The Kier molecular flexibility index (Phi) is 4.89. The number of aromatic nitrogens is 1. The number of carbonyl (C=O) groups is 1. The van der Waals surface area contributed by atoms with Crippen LogP contribution >= 0.6 is 0 Å². The number of amides is 1. The molecule has 3 aromatic rings. The van der Waals surface area contributed by atoms with Crippen LogP contribution in [0.2, 0.25) is 0 Å². The molecule has 0 atom stereocenters. The number of nitrogens with one attached hydrogen (secondary N) is 1. The lowest BCUT2D eigenvalue weighted by Gasteiger charge is -2.32. The van der Waals surface area contributed by atoms with Crippen LogP contribution in [-0.2, 0) is 4.79 Å². The van der Waals surface area contributed by atoms with Crippen molar-refractivity contribution in [1.82, 2.24) is 4.98 Å². The fraction of sp³-hybridized carbons (Fsp3) is 0.238. The van der Waals surface area contributed by atoms with E-state index in [1.165, 1.54) is 6.07 Å². The lowest BCUT2D eigenvalue weighted by Crippen LogP contribution is -2.38. The second kappa shape index (κ2) is 7.64. The molecule has 1 aromatic heterocycles. The Morgan fingerprint density at radius 3 is 2.61 bits per heavy atom. The molecule has 2 heterocycles. The molecule has 142 valence electrons. The van der Waals surface area contributed by atoms with Crippen LogP contribution in [0, 0.1) is 16.0 Å². The second-order valence-electron chi connectivity index (χ2n) is 6.88. The van der Waals surface area contributed by atoms with Gasteiger partial charge in [0.1, 0.15) is 5.69 Å². The molecule has 0 spiro atoms. The Balaban J connectivity index is 1.44. The Morgan fingerprint density at radius 2 is 1.82 bits per heavy atom. The first-order chi connectivity index (χ1) is 13.6. The largest absolute Gasteiger partial charge is 0.366 e. The van der Waals surface area contributed by atoms with Crippen LogP contribution in [0.15, 0.2) is 60.8 Å². The minimum atomic E-state index is -0.359. The van der Waals surface area contributed by atoms with Gasteiger partial charge in [0.2, 0.25) is 5.91 Å². The predicted octanol–water partition coefficient (Wildman–Crippen LogP) is 4.00. The molecule has 1 amide bonds. The van der Waals surface area contributed by atoms with Gasteiger partial charge in [-0.15, -0.1) is 0 Å². The molecule has 1 fully saturated rings. The molecule has 1 N–H and O–H groups in total. The monoisotopic (exact) mass is 376 g/mol. The van der Waals surface area contributed by atoms with E-state index >= 15 is 0 Å². The molecular formula is C21H20N4O3. The number of nitro benzene ring substituents is 1. The summed E-state index contributed by atoms with van der Waals surface area (Å²) in [6, 6.07) is 16.3. The number of piperidine rings is 1. The first-order valence-electron chi connectivity index (χ1n) is 9.26. The van der Waals surface area contributed by atoms with Crippen LogP contribution in [-0.4, -0.2) is 28.9 Å². The van der Waals surface area contributed by atoms with Gasteiger partial charge in [-0.2, -0.15) is 0 Å². The molecule has 0 saturated carbocycles. The van der Waals surface area contributed by atoms with Crippen molar-refractivity contribution >= 4 is 33.9 Å². The smallest absolute Gasteiger partial charge is 0.292 e. The van der Waals surface area contributed by atoms with Crippen LogP contribution in [0.4, 0.5) is 17.1 Å². The number of fused-ring (bicyclic) bond motifs is 1. The maximum atomic E-state index is 12.8. The zero-order valence-corrected chi connectivity index (χ0v) is 15.2. The van der Waals surface area contributed by atoms with E-state index in [0.717, 1.165) is 10.9 Å². The van der Waals surface area contributed by atoms with Gasteiger partial charge in [-0.3, -0.25) is 19.9 Å². The number of nitrogens with zero attached hydrogens (tertiary/aromatic N) is 3. The van der Waals surface area contributed by atoms with Crippen molar-refractivity contribution in [3.63, 3.8) is 0 Å². The number of para-hydroxylation sites is 3. The van der Waals surface area contributed by atoms with Crippen LogP contribution in [0.5, 0.6) is 0 Å². The number of anilines is 2. The summed E-state index contributed by atoms with van der Waals surface area (Å²) in [5.74, 6) is -0.154. The van der Waals surface area contributed by atoms with Gasteiger partial charge in [-0.1, -0.05) is 30.3 Å². The predicted molar refractivity (Wildman–Crippen MR) is 108 cm³/mol. The van der Waals surface area contributed by atoms with Crippen molar-refractivity contribution in [2.75, 3.05) is 23.3 Å². The standard InChI is InChI=1S/C21H20N4O3/c26-21(23-17-7-3-5-15-6-4-12-22-20(15)17)16-10-13-24(14-11-16)18-8-1-2-9-19(18)25(27)28/h1-9,12,16H,10-11,13-14H2,(H,23,26). The number of carbonyl (C=O) groups excluding carboxylic acids is 1. The minimum Gasteiger partial charge on any atom is -0.366 e. The van der Waals surface area contributed by atoms with E-state index in [1.807, 2.05) is 35.2 Å². The Labute approximate surface area is 162 Å². The van der Waals surface area contributed by atoms with E-state index in [-0.39, 0.29) is 22.4 Å². The van der Waals surface area contributed by atoms with Crippen molar-refractivity contribution < 1.29 is 9.72 Å². The molecule has 4 rings (SSSR count). The maximum absolute atomic E-state index is 12.8. The number of rotatable bonds is 4. The first-order valence-corrected chi connectivity index (χ1v) is 9.26. The van der Waals surface area contributed by atoms with Gasteiger partial charge >= 0.3 is 0 Å². The summed E-state index contributed by atoms with van der Waals surface area (Å²) in [6.45, 7) is 1.22. The van der Waals surface area contributed by atoms with Gasteiger partial charge in [0.15, 0.2) is 0 Å². The van der Waals surface area contributed by atoms with Gasteiger partial charge in [0.25, 0.3) is 5.69 Å². The molecule has 7 nitrogen and oxygen atoms in total. The van der Waals surface area contributed by atoms with E-state index in [2.05, 4.69) is 10.3 Å². The number of benzene rings is 2. The molecule has 0 bridgehead atoms. The number of pyridine rings is 1. The molecule has 0 unspecified atom stereocenters. The number of hydrogen-bond donors (Lipinski definition) is 1. The third kappa shape index (κ3) is 3.51. The summed E-state index contributed by atoms with van der Waals surface area (Å²) in [6.07, 6.45) is 3.01. The SMILES string of the molecule is O=C(Nc1cccc2cccnc12)C1CCN(c2ccccc2[N+](=O)[O-])CC1. The molecule has 0 radical (unpaired) electrons. The van der Waals surface area contributed by atoms with E-state index in [1.54, 1.807) is 24.4 Å². The lowest BCUT2D eigenvalue weighted by molar-refractivity contribution is -0.384. The second-order valence-corrected chi connectivity index (χ2v) is 6.88. The molecule has 2 aromatic carbocycles. The van der Waals surface area contributed by atoms with Gasteiger partial charge in [-0.25, -0.2) is 0 Å². The molecule has 1 saturated heterocycles. The normalized spacial score (nSPS) is 14.8. The van der Waals surface area contributed by atoms with Gasteiger partial charge in [-0.05, 0) is 31.0 Å². The highest BCUT2D eigenvalue weighted by Gasteiger charge is 2.28. The minimum absolute atomic E-state index is 0.0274. The summed E-state index contributed by atoms with van der Waals surface area (Å²) < 4.78 is 0. The summed E-state index contributed by atoms with van der Waals surface area (Å²) in [7, 11) is 0. The van der Waals surface area contributed by atoms with Crippen molar-refractivity contribution in [2.45, 2.75) is 12.8 Å². The molecule has 1 aliphatic heterocycles. The summed E-state index contributed by atoms with van der Waals surface area (Å²) in [4.78, 5) is 30.0. The van der Waals surface area contributed by atoms with Gasteiger partial charge in [0, 0.05) is 36.7 Å². The molecule has 28 heavy (non-hydrogen) atoms. The molecule has 1 aliphatic rings. The molecule has 0 aliphatic carbocycles. The summed E-state index contributed by atoms with van der Waals surface area (Å²) in [5.41, 5.74) is 2.21. The Morgan fingerprint density at radius 1 is 1.07 bits per heavy atom. The van der Waals surface area contributed by atoms with E-state index in [0.29, 0.717) is 37.3 Å². The highest BCUT2D eigenvalue weighted by molar-refractivity contribution is 6.01. The number of nitro groups is 1. The summed E-state index contributed by atoms with van der Waals surface area (Å²) >= 11 is 0. The van der Waals surface area contributed by atoms with E-state index in [4.69, 9.17) is 0 Å². The van der Waals surface area contributed by atoms with Crippen LogP contribution in [0.3, 0.4) is 0 Å². The van der Waals surface area contributed by atoms with Crippen LogP contribution < -0.4 is 10.2 Å². The van der Waals surface area contributed by atoms with Gasteiger partial charge in [0.05, 0.1) is 16.1 Å². The molecular weight excluding hydrogens is 356 g/mol. The fourth-order valence-corrected chi connectivity index (χ4v) is 3.71. The van der Waals surface area contributed by atoms with Crippen molar-refractivity contribution in [3.8, 4) is 0 Å². The quantitative estimate of drug-likeness (QED) is 0.549. The zero-order valence-electron chi connectivity index (χ0n) is 15.2. The zero-order chi connectivity index (χ0) is 19.5. The van der Waals surface area contributed by atoms with Gasteiger partial charge < -0.3 is 10.2 Å². The highest BCUT2D eigenvalue weighted by Crippen LogP contribution is 2.31. The maximum Gasteiger partial charge on any atom is 0.292 e. The van der Waals surface area contributed by atoms with Crippen LogP contribution in [0.1, 0.15) is 12.8 Å². The summed E-state index contributed by atoms with van der Waals surface area (Å²) in [5, 5.41) is 15.2. The van der Waals surface area contributed by atoms with Crippen molar-refractivity contribution in [2.24, 2.45) is 5.92 Å². The topological polar surface area (TPSA) is 88.4 Å². The van der Waals surface area contributed by atoms with E-state index < -0.39 is 0 Å². The van der Waals surface area contributed by atoms with Crippen LogP contribution in [0.25, 0.3) is 10.9 Å². The highest BCUT2D eigenvalue weighted by atomic mass is 16.6. The molecule has 7 heteroatoms. The third-order valence-electron chi connectivity index (χ3n) is 5.18. The average Bonchev–Trinajstić information content (AvgIpc) is 2.74. The Bertz CT molecular complexity index is 1020. The number of hydrogen-bond acceptors (Lipinski definition) is 5. The average molecular weight is 376 g/mol. The fourth-order valence-electron chi connectivity index (χ4n) is 3.71. The van der Waals surface area contributed by atoms with Crippen molar-refractivity contribution in [3.05, 3.63) is 70.9 Å². The Hall–Kier alpha value is -3.48. The lowest BCUT2D eigenvalue weighted by atomic mass is 9.95. The van der Waals surface area contributed by atoms with E-state index in [9.17, 15) is 14.9 Å². The van der Waals surface area contributed by atoms with Crippen molar-refractivity contribution in [1.29, 1.82) is 0 Å². The third-order valence-corrected chi connectivity index (χ3v) is 5.18. The first kappa shape index (κ1) is 17.9.